The number of rotatable bonds is 9. The molecule has 4 heteroatoms. The van der Waals surface area contributed by atoms with Crippen LogP contribution in [0.5, 0.6) is 0 Å². The minimum absolute atomic E-state index is 0.0771. The van der Waals surface area contributed by atoms with E-state index in [0.717, 1.165) is 44.2 Å². The molecule has 0 aromatic heterocycles. The Balaban J connectivity index is 1.21. The first kappa shape index (κ1) is 21.2. The average Bonchev–Trinajstić information content (AvgIpc) is 3.65. The summed E-state index contributed by atoms with van der Waals surface area (Å²) >= 11 is 0. The molecule has 0 bridgehead atoms. The van der Waals surface area contributed by atoms with E-state index in [1.807, 2.05) is 12.1 Å². The molecule has 1 unspecified atom stereocenters. The summed E-state index contributed by atoms with van der Waals surface area (Å²) in [7, 11) is 0. The number of carbonyl (C=O) groups is 1. The Morgan fingerprint density at radius 2 is 1.81 bits per heavy atom. The van der Waals surface area contributed by atoms with E-state index in [-0.39, 0.29) is 11.9 Å². The highest BCUT2D eigenvalue weighted by Crippen LogP contribution is 2.30. The first-order chi connectivity index (χ1) is 15.8. The van der Waals surface area contributed by atoms with Crippen molar-refractivity contribution in [2.24, 2.45) is 5.92 Å². The molecule has 3 aromatic carbocycles. The van der Waals surface area contributed by atoms with Crippen LogP contribution in [-0.4, -0.2) is 43.7 Å². The van der Waals surface area contributed by atoms with E-state index in [1.165, 1.54) is 34.7 Å². The topological polar surface area (TPSA) is 41.6 Å². The van der Waals surface area contributed by atoms with Crippen molar-refractivity contribution in [3.8, 4) is 0 Å². The highest BCUT2D eigenvalue weighted by atomic mass is 16.5. The molecule has 166 valence electrons. The maximum absolute atomic E-state index is 12.8. The summed E-state index contributed by atoms with van der Waals surface area (Å²) < 4.78 is 5.91. The van der Waals surface area contributed by atoms with Crippen molar-refractivity contribution in [2.45, 2.75) is 31.7 Å². The van der Waals surface area contributed by atoms with Crippen molar-refractivity contribution in [3.05, 3.63) is 83.4 Å². The zero-order valence-electron chi connectivity index (χ0n) is 18.6. The van der Waals surface area contributed by atoms with Crippen LogP contribution in [0.2, 0.25) is 0 Å². The summed E-state index contributed by atoms with van der Waals surface area (Å²) in [5.74, 6) is 0.871. The van der Waals surface area contributed by atoms with Crippen LogP contribution in [0.25, 0.3) is 10.8 Å². The van der Waals surface area contributed by atoms with Crippen LogP contribution in [0.4, 0.5) is 0 Å². The third-order valence-electron chi connectivity index (χ3n) is 6.77. The lowest BCUT2D eigenvalue weighted by molar-refractivity contribution is -0.120. The Kier molecular flexibility index (Phi) is 6.51. The van der Waals surface area contributed by atoms with Crippen LogP contribution in [0.3, 0.4) is 0 Å². The molecule has 0 saturated heterocycles. The monoisotopic (exact) mass is 428 g/mol. The normalized spacial score (nSPS) is 18.4. The molecule has 1 aliphatic heterocycles. The fraction of sp³-hybridized carbons (Fsp3) is 0.393. The first-order valence-electron chi connectivity index (χ1n) is 11.9. The number of amides is 1. The molecule has 4 nitrogen and oxygen atoms in total. The Morgan fingerprint density at radius 3 is 2.69 bits per heavy atom. The van der Waals surface area contributed by atoms with Crippen molar-refractivity contribution < 1.29 is 9.53 Å². The van der Waals surface area contributed by atoms with Crippen molar-refractivity contribution in [1.29, 1.82) is 0 Å². The summed E-state index contributed by atoms with van der Waals surface area (Å²) in [5.41, 5.74) is 3.79. The number of hydrogen-bond acceptors (Lipinski definition) is 3. The van der Waals surface area contributed by atoms with Crippen LogP contribution in [0.1, 0.15) is 35.6 Å². The summed E-state index contributed by atoms with van der Waals surface area (Å²) in [6, 6.07) is 23.4. The SMILES string of the molecule is O=C(Cc1ccc2ccccc2c1)NCC1c2ccccc2CCN1CCOCC1CC1. The molecular weight excluding hydrogens is 396 g/mol. The lowest BCUT2D eigenvalue weighted by Gasteiger charge is -2.37. The lowest BCUT2D eigenvalue weighted by atomic mass is 9.92. The third-order valence-corrected chi connectivity index (χ3v) is 6.77. The summed E-state index contributed by atoms with van der Waals surface area (Å²) in [6.45, 7) is 4.21. The third kappa shape index (κ3) is 5.20. The Morgan fingerprint density at radius 1 is 1.00 bits per heavy atom. The molecule has 1 atom stereocenters. The van der Waals surface area contributed by atoms with Crippen LogP contribution < -0.4 is 5.32 Å². The predicted octanol–water partition coefficient (Wildman–Crippen LogP) is 4.52. The van der Waals surface area contributed by atoms with Gasteiger partial charge in [-0.2, -0.15) is 0 Å². The quantitative estimate of drug-likeness (QED) is 0.510. The van der Waals surface area contributed by atoms with E-state index in [0.29, 0.717) is 13.0 Å². The smallest absolute Gasteiger partial charge is 0.224 e. The van der Waals surface area contributed by atoms with Gasteiger partial charge in [0.05, 0.1) is 19.1 Å². The maximum Gasteiger partial charge on any atom is 0.224 e. The Labute approximate surface area is 190 Å². The number of ether oxygens (including phenoxy) is 1. The highest BCUT2D eigenvalue weighted by molar-refractivity contribution is 5.85. The van der Waals surface area contributed by atoms with Crippen molar-refractivity contribution in [1.82, 2.24) is 10.2 Å². The van der Waals surface area contributed by atoms with Crippen LogP contribution in [0, 0.1) is 5.92 Å². The highest BCUT2D eigenvalue weighted by Gasteiger charge is 2.27. The number of fused-ring (bicyclic) bond motifs is 2. The first-order valence-corrected chi connectivity index (χ1v) is 11.9. The van der Waals surface area contributed by atoms with E-state index < -0.39 is 0 Å². The van der Waals surface area contributed by atoms with Gasteiger partial charge in [0.15, 0.2) is 0 Å². The molecule has 5 rings (SSSR count). The Hall–Kier alpha value is -2.69. The van der Waals surface area contributed by atoms with Gasteiger partial charge in [-0.05, 0) is 52.6 Å². The van der Waals surface area contributed by atoms with Crippen LogP contribution in [0.15, 0.2) is 66.7 Å². The van der Waals surface area contributed by atoms with E-state index in [2.05, 4.69) is 64.8 Å². The zero-order chi connectivity index (χ0) is 21.8. The molecule has 0 radical (unpaired) electrons. The molecule has 32 heavy (non-hydrogen) atoms. The summed E-state index contributed by atoms with van der Waals surface area (Å²) in [6.07, 6.45) is 4.11. The minimum Gasteiger partial charge on any atom is -0.380 e. The average molecular weight is 429 g/mol. The molecule has 1 saturated carbocycles. The number of benzene rings is 3. The molecular formula is C28H32N2O2. The van der Waals surface area contributed by atoms with Gasteiger partial charge in [0.1, 0.15) is 0 Å². The second kappa shape index (κ2) is 9.85. The lowest BCUT2D eigenvalue weighted by Crippen LogP contribution is -2.43. The van der Waals surface area contributed by atoms with Crippen molar-refractivity contribution in [2.75, 3.05) is 32.8 Å². The molecule has 1 N–H and O–H groups in total. The van der Waals surface area contributed by atoms with Gasteiger partial charge >= 0.3 is 0 Å². The van der Waals surface area contributed by atoms with Gasteiger partial charge in [-0.15, -0.1) is 0 Å². The van der Waals surface area contributed by atoms with E-state index in [1.54, 1.807) is 0 Å². The van der Waals surface area contributed by atoms with Crippen LogP contribution in [-0.2, 0) is 22.4 Å². The fourth-order valence-corrected chi connectivity index (χ4v) is 4.73. The molecule has 1 heterocycles. The van der Waals surface area contributed by atoms with Crippen molar-refractivity contribution in [3.63, 3.8) is 0 Å². The number of nitrogens with one attached hydrogen (secondary N) is 1. The fourth-order valence-electron chi connectivity index (χ4n) is 4.73. The number of nitrogens with zero attached hydrogens (tertiary/aromatic N) is 1. The van der Waals surface area contributed by atoms with Gasteiger partial charge in [-0.1, -0.05) is 66.7 Å². The number of hydrogen-bond donors (Lipinski definition) is 1. The van der Waals surface area contributed by atoms with Gasteiger partial charge in [-0.25, -0.2) is 0 Å². The molecule has 2 aliphatic rings. The number of carbonyl (C=O) groups excluding carboxylic acids is 1. The molecule has 3 aromatic rings. The summed E-state index contributed by atoms with van der Waals surface area (Å²) in [4.78, 5) is 15.3. The summed E-state index contributed by atoms with van der Waals surface area (Å²) in [5, 5.41) is 5.60. The Bertz CT molecular complexity index is 1080. The standard InChI is InChI=1S/C28H32N2O2/c31-28(18-22-11-12-23-5-1-2-7-25(23)17-22)29-19-27-26-8-4-3-6-24(26)13-14-30(27)15-16-32-20-21-9-10-21/h1-8,11-12,17,21,27H,9-10,13-16,18-20H2,(H,29,31). The van der Waals surface area contributed by atoms with E-state index in [9.17, 15) is 4.79 Å². The minimum atomic E-state index is 0.0771. The zero-order valence-corrected chi connectivity index (χ0v) is 18.6. The second-order valence-electron chi connectivity index (χ2n) is 9.18. The predicted molar refractivity (Wildman–Crippen MR) is 129 cm³/mol. The van der Waals surface area contributed by atoms with Gasteiger partial charge in [0.2, 0.25) is 5.91 Å². The van der Waals surface area contributed by atoms with Gasteiger partial charge in [0, 0.05) is 26.2 Å². The maximum atomic E-state index is 12.8. The van der Waals surface area contributed by atoms with Gasteiger partial charge in [0.25, 0.3) is 0 Å². The van der Waals surface area contributed by atoms with Gasteiger partial charge < -0.3 is 10.1 Å². The van der Waals surface area contributed by atoms with E-state index >= 15 is 0 Å². The molecule has 1 amide bonds. The van der Waals surface area contributed by atoms with Crippen LogP contribution >= 0.6 is 0 Å². The van der Waals surface area contributed by atoms with Gasteiger partial charge in [-0.3, -0.25) is 9.69 Å². The molecule has 1 aliphatic carbocycles. The second-order valence-corrected chi connectivity index (χ2v) is 9.18. The van der Waals surface area contributed by atoms with Crippen molar-refractivity contribution >= 4 is 16.7 Å². The molecule has 0 spiro atoms. The van der Waals surface area contributed by atoms with E-state index in [4.69, 9.17) is 4.74 Å². The molecule has 1 fully saturated rings. The largest absolute Gasteiger partial charge is 0.380 e.